The topological polar surface area (TPSA) is 163 Å². The van der Waals surface area contributed by atoms with E-state index in [0.717, 1.165) is 6.08 Å². The van der Waals surface area contributed by atoms with Crippen molar-refractivity contribution < 1.29 is 43.2 Å². The molecule has 2 unspecified atom stereocenters. The van der Waals surface area contributed by atoms with Crippen molar-refractivity contribution >= 4 is 23.6 Å². The molecule has 1 aliphatic carbocycles. The van der Waals surface area contributed by atoms with Crippen LogP contribution in [0.15, 0.2) is 58.6 Å². The quantitative estimate of drug-likeness (QED) is 0.346. The van der Waals surface area contributed by atoms with Crippen molar-refractivity contribution in [3.05, 3.63) is 58.6 Å². The number of ether oxygens (including phenoxy) is 4. The van der Waals surface area contributed by atoms with Gasteiger partial charge in [0.2, 0.25) is 11.6 Å². The molecule has 2 bridgehead atoms. The Balaban J connectivity index is 2.60. The van der Waals surface area contributed by atoms with Crippen LogP contribution in [0.2, 0.25) is 0 Å². The summed E-state index contributed by atoms with van der Waals surface area (Å²) >= 11 is 0. The van der Waals surface area contributed by atoms with Crippen molar-refractivity contribution in [1.82, 2.24) is 5.32 Å². The second-order valence-corrected chi connectivity index (χ2v) is 10.1. The number of hydrogen-bond donors (Lipinski definition) is 3. The maximum absolute atomic E-state index is 13.3. The number of methoxy groups -OCH3 is 3. The predicted octanol–water partition coefficient (Wildman–Crippen LogP) is 2.41. The van der Waals surface area contributed by atoms with Gasteiger partial charge in [-0.3, -0.25) is 14.4 Å². The SMILES string of the molecule is COC1=C2C[C@@H](C)CC(OC)[C@H](O)[C@@H](C)/C=C(\C)C(OC(N)=O)[C@@H](OC)/C=C\C=C(/C)C(=O)NC(=CC1=O)C2=O. The van der Waals surface area contributed by atoms with E-state index in [1.165, 1.54) is 34.3 Å². The number of primary amides is 1. The molecule has 2 rings (SSSR count). The normalized spacial score (nSPS) is 32.7. The lowest BCUT2D eigenvalue weighted by molar-refractivity contribution is -0.120. The first-order chi connectivity index (χ1) is 18.8. The number of carbonyl (C=O) groups excluding carboxylic acids is 4. The van der Waals surface area contributed by atoms with Crippen LogP contribution in [-0.2, 0) is 33.3 Å². The molecule has 0 aromatic carbocycles. The summed E-state index contributed by atoms with van der Waals surface area (Å²) < 4.78 is 21.7. The summed E-state index contributed by atoms with van der Waals surface area (Å²) in [6, 6.07) is 0. The highest BCUT2D eigenvalue weighted by atomic mass is 16.6. The third-order valence-electron chi connectivity index (χ3n) is 6.95. The Morgan fingerprint density at radius 2 is 1.77 bits per heavy atom. The first kappa shape index (κ1) is 32.7. The van der Waals surface area contributed by atoms with Crippen molar-refractivity contribution in [1.29, 1.82) is 0 Å². The van der Waals surface area contributed by atoms with Crippen LogP contribution in [0.5, 0.6) is 0 Å². The summed E-state index contributed by atoms with van der Waals surface area (Å²) in [6.45, 7) is 6.92. The molecule has 0 saturated heterocycles. The number of nitrogens with two attached hydrogens (primary N) is 1. The van der Waals surface area contributed by atoms with Crippen LogP contribution in [0.3, 0.4) is 0 Å². The number of hydrogen-bond acceptors (Lipinski definition) is 9. The van der Waals surface area contributed by atoms with Gasteiger partial charge in [-0.25, -0.2) is 4.79 Å². The Morgan fingerprint density at radius 3 is 2.35 bits per heavy atom. The zero-order chi connectivity index (χ0) is 30.1. The third-order valence-corrected chi connectivity index (χ3v) is 6.95. The molecule has 0 spiro atoms. The Kier molecular flexibility index (Phi) is 12.0. The Labute approximate surface area is 234 Å². The molecule has 4 N–H and O–H groups in total. The van der Waals surface area contributed by atoms with Crippen molar-refractivity contribution in [2.75, 3.05) is 21.3 Å². The molecule has 220 valence electrons. The fourth-order valence-electron chi connectivity index (χ4n) is 4.78. The highest BCUT2D eigenvalue weighted by Gasteiger charge is 2.34. The Hall–Kier alpha value is -3.54. The zero-order valence-electron chi connectivity index (χ0n) is 24.1. The van der Waals surface area contributed by atoms with Gasteiger partial charge in [0, 0.05) is 37.4 Å². The standard InChI is InChI=1S/C29H40N2O9/c1-15-11-19-25(34)20(14-21(32)27(19)39-7)31-28(35)16(2)9-8-10-22(37-5)26(40-29(30)36)18(4)13-17(3)24(33)23(12-15)38-6/h8-10,13-15,17,22-24,26,33H,11-12H2,1-7H3,(H2,30,36)(H,31,35)/b10-8-,16-9+,18-13+/t15-,17+,22+,23?,24-,26?/m1/s1. The summed E-state index contributed by atoms with van der Waals surface area (Å²) in [4.78, 5) is 50.6. The van der Waals surface area contributed by atoms with Gasteiger partial charge >= 0.3 is 6.09 Å². The average Bonchev–Trinajstić information content (AvgIpc) is 2.90. The minimum Gasteiger partial charge on any atom is -0.492 e. The molecule has 0 radical (unpaired) electrons. The second-order valence-electron chi connectivity index (χ2n) is 10.1. The number of nitrogens with one attached hydrogen (secondary N) is 1. The molecule has 2 amide bonds. The summed E-state index contributed by atoms with van der Waals surface area (Å²) in [5, 5.41) is 13.7. The molecule has 11 nitrogen and oxygen atoms in total. The van der Waals surface area contributed by atoms with Gasteiger partial charge in [-0.2, -0.15) is 0 Å². The minimum atomic E-state index is -1.00. The number of fused-ring (bicyclic) bond motifs is 2. The van der Waals surface area contributed by atoms with Gasteiger partial charge in [-0.15, -0.1) is 0 Å². The van der Waals surface area contributed by atoms with E-state index in [1.54, 1.807) is 32.1 Å². The van der Waals surface area contributed by atoms with Crippen LogP contribution >= 0.6 is 0 Å². The largest absolute Gasteiger partial charge is 0.492 e. The summed E-state index contributed by atoms with van der Waals surface area (Å²) in [5.41, 5.74) is 6.12. The van der Waals surface area contributed by atoms with Gasteiger partial charge in [0.25, 0.3) is 5.91 Å². The fraction of sp³-hybridized carbons (Fsp3) is 0.517. The molecular formula is C29H40N2O9. The number of amides is 2. The van der Waals surface area contributed by atoms with E-state index >= 15 is 0 Å². The van der Waals surface area contributed by atoms with Crippen molar-refractivity contribution in [2.24, 2.45) is 17.6 Å². The Morgan fingerprint density at radius 1 is 1.10 bits per heavy atom. The van der Waals surface area contributed by atoms with Crippen LogP contribution in [-0.4, -0.2) is 74.4 Å². The van der Waals surface area contributed by atoms with E-state index in [2.05, 4.69) is 5.32 Å². The van der Waals surface area contributed by atoms with E-state index in [0.29, 0.717) is 12.0 Å². The number of allylic oxidation sites excluding steroid dienone is 4. The molecule has 0 aromatic rings. The van der Waals surface area contributed by atoms with Crippen LogP contribution in [0, 0.1) is 11.8 Å². The van der Waals surface area contributed by atoms with Gasteiger partial charge < -0.3 is 35.1 Å². The highest BCUT2D eigenvalue weighted by Crippen LogP contribution is 2.29. The van der Waals surface area contributed by atoms with Gasteiger partial charge in [0.15, 0.2) is 11.9 Å². The fourth-order valence-corrected chi connectivity index (χ4v) is 4.78. The lowest BCUT2D eigenvalue weighted by Crippen LogP contribution is -2.37. The summed E-state index contributed by atoms with van der Waals surface area (Å²) in [5.74, 6) is -2.39. The summed E-state index contributed by atoms with van der Waals surface area (Å²) in [6.07, 6.45) is 3.61. The monoisotopic (exact) mass is 560 g/mol. The van der Waals surface area contributed by atoms with Crippen molar-refractivity contribution in [3.63, 3.8) is 0 Å². The smallest absolute Gasteiger partial charge is 0.405 e. The molecule has 6 atom stereocenters. The molecule has 11 heteroatoms. The second kappa shape index (κ2) is 14.7. The van der Waals surface area contributed by atoms with Crippen molar-refractivity contribution in [2.45, 2.75) is 65.0 Å². The average molecular weight is 561 g/mol. The summed E-state index contributed by atoms with van der Waals surface area (Å²) in [7, 11) is 4.21. The van der Waals surface area contributed by atoms with Crippen LogP contribution in [0.4, 0.5) is 4.79 Å². The number of Topliss-reactive ketones (excluding diaryl/α,β-unsaturated/α-hetero) is 1. The minimum absolute atomic E-state index is 0.0801. The molecule has 1 heterocycles. The van der Waals surface area contributed by atoms with E-state index in [-0.39, 0.29) is 34.9 Å². The molecular weight excluding hydrogens is 520 g/mol. The number of rotatable bonds is 4. The first-order valence-electron chi connectivity index (χ1n) is 13.0. The van der Waals surface area contributed by atoms with Crippen molar-refractivity contribution in [3.8, 4) is 0 Å². The first-order valence-corrected chi connectivity index (χ1v) is 13.0. The molecule has 0 saturated carbocycles. The maximum atomic E-state index is 13.3. The van der Waals surface area contributed by atoms with Gasteiger partial charge in [0.05, 0.1) is 25.0 Å². The molecule has 0 fully saturated rings. The van der Waals surface area contributed by atoms with E-state index in [4.69, 9.17) is 24.7 Å². The van der Waals surface area contributed by atoms with E-state index in [9.17, 15) is 24.3 Å². The third kappa shape index (κ3) is 8.23. The number of carbonyl (C=O) groups is 4. The van der Waals surface area contributed by atoms with Crippen LogP contribution in [0.1, 0.15) is 40.5 Å². The number of aliphatic hydroxyl groups excluding tert-OH is 1. The lowest BCUT2D eigenvalue weighted by Gasteiger charge is -2.29. The molecule has 40 heavy (non-hydrogen) atoms. The molecule has 0 aromatic heterocycles. The highest BCUT2D eigenvalue weighted by molar-refractivity contribution is 6.23. The maximum Gasteiger partial charge on any atom is 0.405 e. The van der Waals surface area contributed by atoms with Gasteiger partial charge in [0.1, 0.15) is 6.10 Å². The van der Waals surface area contributed by atoms with Gasteiger partial charge in [-0.1, -0.05) is 38.2 Å². The predicted molar refractivity (Wildman–Crippen MR) is 147 cm³/mol. The van der Waals surface area contributed by atoms with Crippen LogP contribution in [0.25, 0.3) is 0 Å². The number of aliphatic hydroxyl groups is 1. The van der Waals surface area contributed by atoms with E-state index < -0.39 is 53.9 Å². The zero-order valence-corrected chi connectivity index (χ0v) is 24.1. The number of ketones is 2. The van der Waals surface area contributed by atoms with Gasteiger partial charge in [-0.05, 0) is 38.2 Å². The lowest BCUT2D eigenvalue weighted by atomic mass is 9.85. The Bertz CT molecular complexity index is 1150. The molecule has 1 aliphatic heterocycles. The van der Waals surface area contributed by atoms with E-state index in [1.807, 2.05) is 6.92 Å². The van der Waals surface area contributed by atoms with Crippen LogP contribution < -0.4 is 11.1 Å². The molecule has 2 aliphatic rings.